The minimum Gasteiger partial charge on any atom is -0.384 e. The summed E-state index contributed by atoms with van der Waals surface area (Å²) < 4.78 is 25.0. The molecule has 0 spiro atoms. The Morgan fingerprint density at radius 2 is 2.29 bits per heavy atom. The van der Waals surface area contributed by atoms with Crippen LogP contribution >= 0.6 is 11.3 Å². The lowest BCUT2D eigenvalue weighted by molar-refractivity contribution is 0.508. The molecule has 6 nitrogen and oxygen atoms in total. The van der Waals surface area contributed by atoms with E-state index in [0.29, 0.717) is 12.2 Å². The highest BCUT2D eigenvalue weighted by atomic mass is 32.2. The zero-order valence-corrected chi connectivity index (χ0v) is 13.7. The van der Waals surface area contributed by atoms with Crippen molar-refractivity contribution < 1.29 is 8.42 Å². The quantitative estimate of drug-likeness (QED) is 0.929. The molecule has 1 fully saturated rings. The van der Waals surface area contributed by atoms with E-state index in [0.717, 1.165) is 28.4 Å². The Hall–Kier alpha value is -1.41. The molecule has 1 aliphatic rings. The van der Waals surface area contributed by atoms with E-state index in [1.54, 1.807) is 16.0 Å². The number of nitrogens with two attached hydrogens (primary N) is 1. The van der Waals surface area contributed by atoms with Gasteiger partial charge in [-0.25, -0.2) is 18.1 Å². The van der Waals surface area contributed by atoms with Crippen molar-refractivity contribution in [2.24, 2.45) is 0 Å². The van der Waals surface area contributed by atoms with Crippen molar-refractivity contribution >= 4 is 27.0 Å². The lowest BCUT2D eigenvalue weighted by Gasteiger charge is -2.10. The third-order valence-corrected chi connectivity index (χ3v) is 6.34. The van der Waals surface area contributed by atoms with E-state index in [1.165, 1.54) is 0 Å². The molecule has 3 heterocycles. The molecule has 0 radical (unpaired) electrons. The zero-order valence-electron chi connectivity index (χ0n) is 12.0. The molecule has 114 valence electrons. The molecule has 21 heavy (non-hydrogen) atoms. The number of sulfone groups is 1. The molecule has 3 rings (SSSR count). The average molecular weight is 326 g/mol. The van der Waals surface area contributed by atoms with Crippen molar-refractivity contribution in [1.29, 1.82) is 0 Å². The van der Waals surface area contributed by atoms with E-state index < -0.39 is 9.84 Å². The first kappa shape index (κ1) is 14.5. The highest BCUT2D eigenvalue weighted by molar-refractivity contribution is 7.91. The third-order valence-electron chi connectivity index (χ3n) is 3.82. The first-order chi connectivity index (χ1) is 9.91. The van der Waals surface area contributed by atoms with Gasteiger partial charge in [0.15, 0.2) is 9.84 Å². The van der Waals surface area contributed by atoms with E-state index in [4.69, 9.17) is 5.73 Å². The Morgan fingerprint density at radius 1 is 1.52 bits per heavy atom. The van der Waals surface area contributed by atoms with Gasteiger partial charge < -0.3 is 5.73 Å². The van der Waals surface area contributed by atoms with E-state index in [-0.39, 0.29) is 17.5 Å². The summed E-state index contributed by atoms with van der Waals surface area (Å²) in [7, 11) is -2.96. The molecule has 0 aromatic carbocycles. The van der Waals surface area contributed by atoms with Crippen molar-refractivity contribution in [1.82, 2.24) is 14.8 Å². The summed E-state index contributed by atoms with van der Waals surface area (Å²) >= 11 is 1.57. The summed E-state index contributed by atoms with van der Waals surface area (Å²) in [5, 5.41) is 7.52. The number of nitrogen functional groups attached to an aromatic ring is 1. The first-order valence-corrected chi connectivity index (χ1v) is 9.61. The third kappa shape index (κ3) is 2.57. The van der Waals surface area contributed by atoms with Gasteiger partial charge in [0, 0.05) is 10.9 Å². The predicted molar refractivity (Wildman–Crippen MR) is 84.2 cm³/mol. The SMILES string of the molecule is CCc1c(-c2csc(C)n2)nn(C2CCS(=O)(=O)C2)c1N. The van der Waals surface area contributed by atoms with Crippen molar-refractivity contribution in [3.63, 3.8) is 0 Å². The van der Waals surface area contributed by atoms with Crippen LogP contribution < -0.4 is 5.73 Å². The summed E-state index contributed by atoms with van der Waals surface area (Å²) in [5.41, 5.74) is 8.76. The van der Waals surface area contributed by atoms with Crippen molar-refractivity contribution in [2.45, 2.75) is 32.7 Å². The summed E-state index contributed by atoms with van der Waals surface area (Å²) in [6, 6.07) is -0.159. The fraction of sp³-hybridized carbons (Fsp3) is 0.538. The Bertz CT molecular complexity index is 776. The molecule has 0 saturated carbocycles. The van der Waals surface area contributed by atoms with Crippen LogP contribution in [0.25, 0.3) is 11.4 Å². The second-order valence-corrected chi connectivity index (χ2v) is 8.61. The van der Waals surface area contributed by atoms with Crippen LogP contribution in [0.5, 0.6) is 0 Å². The fourth-order valence-electron chi connectivity index (χ4n) is 2.75. The van der Waals surface area contributed by atoms with Gasteiger partial charge in [-0.15, -0.1) is 11.3 Å². The van der Waals surface area contributed by atoms with Crippen molar-refractivity contribution in [2.75, 3.05) is 17.2 Å². The van der Waals surface area contributed by atoms with E-state index in [9.17, 15) is 8.42 Å². The molecule has 0 amide bonds. The molecule has 8 heteroatoms. The van der Waals surface area contributed by atoms with Gasteiger partial charge in [0.05, 0.1) is 22.6 Å². The van der Waals surface area contributed by atoms with E-state index in [1.807, 2.05) is 19.2 Å². The zero-order chi connectivity index (χ0) is 15.2. The molecule has 1 atom stereocenters. The smallest absolute Gasteiger partial charge is 0.152 e. The van der Waals surface area contributed by atoms with E-state index in [2.05, 4.69) is 10.1 Å². The average Bonchev–Trinajstić information content (AvgIpc) is 3.07. The summed E-state index contributed by atoms with van der Waals surface area (Å²) in [4.78, 5) is 4.47. The second kappa shape index (κ2) is 5.10. The standard InChI is InChI=1S/C13H18N4O2S2/c1-3-10-12(11-6-20-8(2)15-11)16-17(13(10)14)9-4-5-21(18,19)7-9/h6,9H,3-5,7,14H2,1-2H3. The Kier molecular flexibility index (Phi) is 3.53. The number of nitrogens with zero attached hydrogens (tertiary/aromatic N) is 3. The Labute approximate surface area is 127 Å². The summed E-state index contributed by atoms with van der Waals surface area (Å²) in [5.74, 6) is 0.904. The number of aryl methyl sites for hydroxylation is 1. The van der Waals surface area contributed by atoms with Crippen LogP contribution in [0.3, 0.4) is 0 Å². The number of hydrogen-bond acceptors (Lipinski definition) is 6. The van der Waals surface area contributed by atoms with Crippen LogP contribution in [0.2, 0.25) is 0 Å². The number of rotatable bonds is 3. The number of aromatic nitrogens is 3. The van der Waals surface area contributed by atoms with Crippen LogP contribution in [0, 0.1) is 6.92 Å². The number of hydrogen-bond donors (Lipinski definition) is 1. The van der Waals surface area contributed by atoms with Crippen molar-refractivity contribution in [3.05, 3.63) is 16.0 Å². The maximum atomic E-state index is 11.7. The molecule has 0 aliphatic carbocycles. The molecule has 2 N–H and O–H groups in total. The van der Waals surface area contributed by atoms with Gasteiger partial charge in [0.2, 0.25) is 0 Å². The fourth-order valence-corrected chi connectivity index (χ4v) is 5.04. The predicted octanol–water partition coefficient (Wildman–Crippen LogP) is 1.82. The van der Waals surface area contributed by atoms with Crippen LogP contribution in [-0.2, 0) is 16.3 Å². The van der Waals surface area contributed by atoms with Crippen LogP contribution in [0.4, 0.5) is 5.82 Å². The van der Waals surface area contributed by atoms with Gasteiger partial charge in [0.1, 0.15) is 17.2 Å². The van der Waals surface area contributed by atoms with Gasteiger partial charge in [0.25, 0.3) is 0 Å². The number of thiazole rings is 1. The van der Waals surface area contributed by atoms with Crippen LogP contribution in [-0.4, -0.2) is 34.7 Å². The maximum absolute atomic E-state index is 11.7. The van der Waals surface area contributed by atoms with Crippen LogP contribution in [0.15, 0.2) is 5.38 Å². The largest absolute Gasteiger partial charge is 0.384 e. The minimum absolute atomic E-state index is 0.123. The van der Waals surface area contributed by atoms with Crippen molar-refractivity contribution in [3.8, 4) is 11.4 Å². The summed E-state index contributed by atoms with van der Waals surface area (Å²) in [6.07, 6.45) is 1.32. The lowest BCUT2D eigenvalue weighted by atomic mass is 10.1. The minimum atomic E-state index is -2.96. The first-order valence-electron chi connectivity index (χ1n) is 6.91. The molecule has 2 aromatic heterocycles. The molecule has 1 saturated heterocycles. The van der Waals surface area contributed by atoms with Gasteiger partial charge in [-0.3, -0.25) is 0 Å². The molecular formula is C13H18N4O2S2. The molecule has 1 aliphatic heterocycles. The summed E-state index contributed by atoms with van der Waals surface area (Å²) in [6.45, 7) is 3.97. The van der Waals surface area contributed by atoms with E-state index >= 15 is 0 Å². The van der Waals surface area contributed by atoms with Gasteiger partial charge in [-0.05, 0) is 19.8 Å². The molecule has 0 bridgehead atoms. The molecular weight excluding hydrogens is 308 g/mol. The van der Waals surface area contributed by atoms with Gasteiger partial charge >= 0.3 is 0 Å². The second-order valence-electron chi connectivity index (χ2n) is 5.32. The monoisotopic (exact) mass is 326 g/mol. The Morgan fingerprint density at radius 3 is 2.81 bits per heavy atom. The highest BCUT2D eigenvalue weighted by Gasteiger charge is 2.32. The maximum Gasteiger partial charge on any atom is 0.152 e. The number of anilines is 1. The normalized spacial score (nSPS) is 21.0. The van der Waals surface area contributed by atoms with Crippen LogP contribution in [0.1, 0.15) is 30.0 Å². The lowest BCUT2D eigenvalue weighted by Crippen LogP contribution is -2.15. The highest BCUT2D eigenvalue weighted by Crippen LogP contribution is 2.33. The molecule has 1 unspecified atom stereocenters. The topological polar surface area (TPSA) is 90.9 Å². The Balaban J connectivity index is 2.06. The van der Waals surface area contributed by atoms with Gasteiger partial charge in [-0.1, -0.05) is 6.92 Å². The molecule has 2 aromatic rings. The van der Waals surface area contributed by atoms with Gasteiger partial charge in [-0.2, -0.15) is 5.10 Å².